The third kappa shape index (κ3) is 2.04. The van der Waals surface area contributed by atoms with Crippen molar-refractivity contribution in [2.75, 3.05) is 18.0 Å². The number of hydrogen-bond donors (Lipinski definition) is 1. The van der Waals surface area contributed by atoms with E-state index in [-0.39, 0.29) is 0 Å². The molecule has 1 saturated carbocycles. The van der Waals surface area contributed by atoms with E-state index in [0.717, 1.165) is 13.1 Å². The average molecular weight is 236 g/mol. The minimum atomic E-state index is 0.324. The molecule has 0 atom stereocenters. The summed E-state index contributed by atoms with van der Waals surface area (Å²) in [6.07, 6.45) is 8.20. The zero-order chi connectivity index (χ0) is 11.7. The van der Waals surface area contributed by atoms with Crippen molar-refractivity contribution in [2.45, 2.75) is 45.1 Å². The summed E-state index contributed by atoms with van der Waals surface area (Å²) in [6.45, 7) is 2.42. The Bertz CT molecular complexity index is 374. The van der Waals surface area contributed by atoms with Crippen molar-refractivity contribution < 1.29 is 4.42 Å². The highest BCUT2D eigenvalue weighted by atomic mass is 16.4. The summed E-state index contributed by atoms with van der Waals surface area (Å²) in [7, 11) is 0. The molecule has 1 aliphatic heterocycles. The lowest BCUT2D eigenvalue weighted by Gasteiger charge is -2.38. The van der Waals surface area contributed by atoms with Gasteiger partial charge in [0, 0.05) is 13.1 Å². The largest absolute Gasteiger partial charge is 0.407 e. The molecule has 1 aliphatic carbocycles. The molecule has 1 aromatic heterocycles. The van der Waals surface area contributed by atoms with E-state index in [1.54, 1.807) is 0 Å². The standard InChI is InChI=1S/C12H20N4O/c13-9-10-14-15-11(17-10)16-7-5-12(6-8-16)3-1-2-4-12/h1-9,13H2. The third-order valence-corrected chi connectivity index (χ3v) is 4.39. The van der Waals surface area contributed by atoms with Crippen LogP contribution in [0.5, 0.6) is 0 Å². The van der Waals surface area contributed by atoms with E-state index >= 15 is 0 Å². The summed E-state index contributed by atoms with van der Waals surface area (Å²) in [4.78, 5) is 2.20. The van der Waals surface area contributed by atoms with E-state index in [2.05, 4.69) is 15.1 Å². The fourth-order valence-corrected chi connectivity index (χ4v) is 3.25. The first kappa shape index (κ1) is 11.0. The predicted molar refractivity (Wildman–Crippen MR) is 64.5 cm³/mol. The molecule has 2 N–H and O–H groups in total. The molecular weight excluding hydrogens is 216 g/mol. The normalized spacial score (nSPS) is 23.5. The van der Waals surface area contributed by atoms with Crippen molar-refractivity contribution >= 4 is 6.01 Å². The first-order valence-corrected chi connectivity index (χ1v) is 6.59. The van der Waals surface area contributed by atoms with Gasteiger partial charge in [-0.2, -0.15) is 0 Å². The molecule has 0 radical (unpaired) electrons. The van der Waals surface area contributed by atoms with Crippen LogP contribution in [-0.4, -0.2) is 23.3 Å². The van der Waals surface area contributed by atoms with Gasteiger partial charge in [-0.15, -0.1) is 5.10 Å². The lowest BCUT2D eigenvalue weighted by molar-refractivity contribution is 0.222. The van der Waals surface area contributed by atoms with Gasteiger partial charge >= 0.3 is 6.01 Å². The van der Waals surface area contributed by atoms with Crippen LogP contribution >= 0.6 is 0 Å². The molecule has 2 heterocycles. The zero-order valence-electron chi connectivity index (χ0n) is 10.2. The number of aromatic nitrogens is 2. The molecule has 0 amide bonds. The van der Waals surface area contributed by atoms with Crippen LogP contribution in [0.4, 0.5) is 6.01 Å². The molecule has 0 bridgehead atoms. The van der Waals surface area contributed by atoms with Crippen molar-refractivity contribution in [2.24, 2.45) is 11.1 Å². The van der Waals surface area contributed by atoms with Crippen molar-refractivity contribution in [1.29, 1.82) is 0 Å². The molecule has 0 aromatic carbocycles. The van der Waals surface area contributed by atoms with Gasteiger partial charge in [-0.1, -0.05) is 17.9 Å². The van der Waals surface area contributed by atoms with Crippen molar-refractivity contribution in [3.8, 4) is 0 Å². The summed E-state index contributed by atoms with van der Waals surface area (Å²) < 4.78 is 5.50. The molecule has 17 heavy (non-hydrogen) atoms. The van der Waals surface area contributed by atoms with Gasteiger partial charge in [-0.3, -0.25) is 0 Å². The van der Waals surface area contributed by atoms with Crippen molar-refractivity contribution in [1.82, 2.24) is 10.2 Å². The molecule has 1 spiro atoms. The molecule has 5 heteroatoms. The van der Waals surface area contributed by atoms with Gasteiger partial charge in [0.2, 0.25) is 5.89 Å². The molecule has 0 unspecified atom stereocenters. The van der Waals surface area contributed by atoms with Gasteiger partial charge in [0.15, 0.2) is 0 Å². The first-order valence-electron chi connectivity index (χ1n) is 6.59. The van der Waals surface area contributed by atoms with E-state index < -0.39 is 0 Å². The molecule has 5 nitrogen and oxygen atoms in total. The van der Waals surface area contributed by atoms with Gasteiger partial charge < -0.3 is 15.1 Å². The lowest BCUT2D eigenvalue weighted by atomic mass is 9.77. The second-order valence-electron chi connectivity index (χ2n) is 5.38. The average Bonchev–Trinajstić information content (AvgIpc) is 3.00. The smallest absolute Gasteiger partial charge is 0.318 e. The quantitative estimate of drug-likeness (QED) is 0.846. The van der Waals surface area contributed by atoms with Crippen LogP contribution in [-0.2, 0) is 6.54 Å². The van der Waals surface area contributed by atoms with Gasteiger partial charge in [0.05, 0.1) is 6.54 Å². The van der Waals surface area contributed by atoms with Crippen molar-refractivity contribution in [3.63, 3.8) is 0 Å². The number of piperidine rings is 1. The number of rotatable bonds is 2. The van der Waals surface area contributed by atoms with E-state index in [0.29, 0.717) is 23.9 Å². The second kappa shape index (κ2) is 4.29. The van der Waals surface area contributed by atoms with Gasteiger partial charge in [-0.05, 0) is 31.1 Å². The van der Waals surface area contributed by atoms with Gasteiger partial charge in [0.25, 0.3) is 0 Å². The molecule has 1 saturated heterocycles. The maximum Gasteiger partial charge on any atom is 0.318 e. The fraction of sp³-hybridized carbons (Fsp3) is 0.833. The first-order chi connectivity index (χ1) is 8.31. The summed E-state index contributed by atoms with van der Waals surface area (Å²) in [5.41, 5.74) is 6.10. The van der Waals surface area contributed by atoms with Crippen LogP contribution in [0.1, 0.15) is 44.4 Å². The monoisotopic (exact) mass is 236 g/mol. The Hall–Kier alpha value is -1.10. The highest BCUT2D eigenvalue weighted by Crippen LogP contribution is 2.46. The van der Waals surface area contributed by atoms with Crippen LogP contribution in [0, 0.1) is 5.41 Å². The Morgan fingerprint density at radius 3 is 2.41 bits per heavy atom. The number of hydrogen-bond acceptors (Lipinski definition) is 5. The Morgan fingerprint density at radius 2 is 1.82 bits per heavy atom. The van der Waals surface area contributed by atoms with E-state index in [1.165, 1.54) is 38.5 Å². The van der Waals surface area contributed by atoms with Crippen LogP contribution in [0.25, 0.3) is 0 Å². The Kier molecular flexibility index (Phi) is 2.78. The zero-order valence-corrected chi connectivity index (χ0v) is 10.2. The number of anilines is 1. The summed E-state index contributed by atoms with van der Waals surface area (Å²) in [5.74, 6) is 0.529. The number of nitrogens with zero attached hydrogens (tertiary/aromatic N) is 3. The van der Waals surface area contributed by atoms with Gasteiger partial charge in [0.1, 0.15) is 0 Å². The van der Waals surface area contributed by atoms with Crippen LogP contribution in [0.3, 0.4) is 0 Å². The minimum absolute atomic E-state index is 0.324. The number of nitrogens with two attached hydrogens (primary N) is 1. The third-order valence-electron chi connectivity index (χ3n) is 4.39. The van der Waals surface area contributed by atoms with Crippen LogP contribution in [0.15, 0.2) is 4.42 Å². The minimum Gasteiger partial charge on any atom is -0.407 e. The maximum absolute atomic E-state index is 5.50. The molecule has 2 aliphatic rings. The second-order valence-corrected chi connectivity index (χ2v) is 5.38. The molecule has 3 rings (SSSR count). The Morgan fingerprint density at radius 1 is 1.12 bits per heavy atom. The van der Waals surface area contributed by atoms with Crippen molar-refractivity contribution in [3.05, 3.63) is 5.89 Å². The summed E-state index contributed by atoms with van der Waals surface area (Å²) in [6, 6.07) is 0.651. The highest BCUT2D eigenvalue weighted by Gasteiger charge is 2.37. The summed E-state index contributed by atoms with van der Waals surface area (Å²) >= 11 is 0. The summed E-state index contributed by atoms with van der Waals surface area (Å²) in [5, 5.41) is 7.97. The fourth-order valence-electron chi connectivity index (χ4n) is 3.25. The molecular formula is C12H20N4O. The van der Waals surface area contributed by atoms with E-state index in [4.69, 9.17) is 10.2 Å². The molecule has 2 fully saturated rings. The van der Waals surface area contributed by atoms with Crippen LogP contribution < -0.4 is 10.6 Å². The maximum atomic E-state index is 5.50. The molecule has 94 valence electrons. The molecule has 1 aromatic rings. The Labute approximate surface area is 101 Å². The van der Waals surface area contributed by atoms with Crippen LogP contribution in [0.2, 0.25) is 0 Å². The highest BCUT2D eigenvalue weighted by molar-refractivity contribution is 5.25. The topological polar surface area (TPSA) is 68.2 Å². The SMILES string of the molecule is NCc1nnc(N2CCC3(CCCC3)CC2)o1. The van der Waals surface area contributed by atoms with E-state index in [1.807, 2.05) is 0 Å². The van der Waals surface area contributed by atoms with Gasteiger partial charge in [-0.25, -0.2) is 0 Å². The Balaban J connectivity index is 1.64. The lowest BCUT2D eigenvalue weighted by Crippen LogP contribution is -2.39. The predicted octanol–water partition coefficient (Wildman–Crippen LogP) is 1.69. The van der Waals surface area contributed by atoms with E-state index in [9.17, 15) is 0 Å².